The largest absolute Gasteiger partial charge is 0.396 e. The Kier molecular flexibility index (Phi) is 4.58. The molecule has 1 unspecified atom stereocenters. The van der Waals surface area contributed by atoms with E-state index in [-0.39, 0.29) is 6.61 Å². The molecule has 2 rings (SSSR count). The summed E-state index contributed by atoms with van der Waals surface area (Å²) in [6.45, 7) is 8.27. The fourth-order valence-electron chi connectivity index (χ4n) is 2.51. The molecule has 2 N–H and O–H groups in total. The van der Waals surface area contributed by atoms with E-state index >= 15 is 0 Å². The standard InChI is InChI=1S/C14H24N4O/c1-10(2)15-13-7-14(17-11(3)16-13)18-6-4-5-12(8-18)9-19/h7,10,12,19H,4-6,8-9H2,1-3H3,(H,15,16,17). The second-order valence-corrected chi connectivity index (χ2v) is 5.59. The highest BCUT2D eigenvalue weighted by Gasteiger charge is 2.21. The molecule has 5 heteroatoms. The number of aliphatic hydroxyl groups excluding tert-OH is 1. The molecule has 1 aliphatic rings. The Hall–Kier alpha value is -1.36. The van der Waals surface area contributed by atoms with E-state index in [9.17, 15) is 5.11 Å². The number of anilines is 2. The maximum absolute atomic E-state index is 9.31. The van der Waals surface area contributed by atoms with Crippen LogP contribution in [0.5, 0.6) is 0 Å². The van der Waals surface area contributed by atoms with Gasteiger partial charge >= 0.3 is 0 Å². The Labute approximate surface area is 115 Å². The summed E-state index contributed by atoms with van der Waals surface area (Å²) in [7, 11) is 0. The Morgan fingerprint density at radius 1 is 1.47 bits per heavy atom. The molecule has 5 nitrogen and oxygen atoms in total. The van der Waals surface area contributed by atoms with Crippen molar-refractivity contribution in [1.29, 1.82) is 0 Å². The van der Waals surface area contributed by atoms with Crippen molar-refractivity contribution >= 4 is 11.6 Å². The Bertz CT molecular complexity index is 422. The molecule has 19 heavy (non-hydrogen) atoms. The Balaban J connectivity index is 2.16. The van der Waals surface area contributed by atoms with Crippen molar-refractivity contribution in [2.24, 2.45) is 5.92 Å². The number of rotatable bonds is 4. The van der Waals surface area contributed by atoms with E-state index in [1.807, 2.05) is 13.0 Å². The molecule has 2 heterocycles. The van der Waals surface area contributed by atoms with Gasteiger partial charge in [0.1, 0.15) is 17.5 Å². The van der Waals surface area contributed by atoms with Crippen LogP contribution in [0.25, 0.3) is 0 Å². The number of piperidine rings is 1. The van der Waals surface area contributed by atoms with Crippen LogP contribution in [0.15, 0.2) is 6.07 Å². The van der Waals surface area contributed by atoms with Gasteiger partial charge in [0.15, 0.2) is 0 Å². The monoisotopic (exact) mass is 264 g/mol. The zero-order valence-corrected chi connectivity index (χ0v) is 12.1. The van der Waals surface area contributed by atoms with E-state index in [2.05, 4.69) is 34.0 Å². The molecule has 1 aliphatic heterocycles. The quantitative estimate of drug-likeness (QED) is 0.868. The van der Waals surface area contributed by atoms with Crippen molar-refractivity contribution in [3.63, 3.8) is 0 Å². The summed E-state index contributed by atoms with van der Waals surface area (Å²) in [6, 6.07) is 2.36. The van der Waals surface area contributed by atoms with E-state index in [1.165, 1.54) is 0 Å². The van der Waals surface area contributed by atoms with Crippen molar-refractivity contribution in [3.8, 4) is 0 Å². The third kappa shape index (κ3) is 3.80. The van der Waals surface area contributed by atoms with Gasteiger partial charge in [0, 0.05) is 31.8 Å². The van der Waals surface area contributed by atoms with Crippen LogP contribution in [-0.2, 0) is 0 Å². The van der Waals surface area contributed by atoms with Gasteiger partial charge in [0.2, 0.25) is 0 Å². The first kappa shape index (κ1) is 14.1. The van der Waals surface area contributed by atoms with Gasteiger partial charge in [0.05, 0.1) is 0 Å². The van der Waals surface area contributed by atoms with Gasteiger partial charge in [-0.3, -0.25) is 0 Å². The van der Waals surface area contributed by atoms with Crippen LogP contribution in [0.1, 0.15) is 32.5 Å². The summed E-state index contributed by atoms with van der Waals surface area (Å²) < 4.78 is 0. The molecule has 1 saturated heterocycles. The zero-order chi connectivity index (χ0) is 13.8. The highest BCUT2D eigenvalue weighted by molar-refractivity contribution is 5.50. The molecule has 1 fully saturated rings. The van der Waals surface area contributed by atoms with Crippen LogP contribution < -0.4 is 10.2 Å². The van der Waals surface area contributed by atoms with Gasteiger partial charge in [-0.2, -0.15) is 0 Å². The van der Waals surface area contributed by atoms with Crippen LogP contribution in [0.4, 0.5) is 11.6 Å². The maximum atomic E-state index is 9.31. The predicted molar refractivity (Wildman–Crippen MR) is 77.6 cm³/mol. The number of aliphatic hydroxyl groups is 1. The number of nitrogens with one attached hydrogen (secondary N) is 1. The molecule has 1 atom stereocenters. The SMILES string of the molecule is Cc1nc(NC(C)C)cc(N2CCCC(CO)C2)n1. The average molecular weight is 264 g/mol. The summed E-state index contributed by atoms with van der Waals surface area (Å²) in [5.74, 6) is 3.00. The van der Waals surface area contributed by atoms with Gasteiger partial charge in [-0.25, -0.2) is 9.97 Å². The van der Waals surface area contributed by atoms with Gasteiger partial charge in [-0.05, 0) is 39.5 Å². The lowest BCUT2D eigenvalue weighted by molar-refractivity contribution is 0.208. The van der Waals surface area contributed by atoms with E-state index in [0.717, 1.165) is 43.4 Å². The summed E-state index contributed by atoms with van der Waals surface area (Å²) in [5, 5.41) is 12.6. The van der Waals surface area contributed by atoms with E-state index in [4.69, 9.17) is 0 Å². The third-order valence-electron chi connectivity index (χ3n) is 3.36. The van der Waals surface area contributed by atoms with Crippen molar-refractivity contribution in [1.82, 2.24) is 9.97 Å². The molecule has 0 aromatic carbocycles. The van der Waals surface area contributed by atoms with Gasteiger partial charge in [-0.1, -0.05) is 0 Å². The number of nitrogens with zero attached hydrogens (tertiary/aromatic N) is 3. The fraction of sp³-hybridized carbons (Fsp3) is 0.714. The second kappa shape index (κ2) is 6.19. The topological polar surface area (TPSA) is 61.3 Å². The first-order valence-corrected chi connectivity index (χ1v) is 7.06. The number of hydrogen-bond donors (Lipinski definition) is 2. The normalized spacial score (nSPS) is 19.8. The van der Waals surface area contributed by atoms with Gasteiger partial charge in [0.25, 0.3) is 0 Å². The lowest BCUT2D eigenvalue weighted by atomic mass is 9.99. The first-order chi connectivity index (χ1) is 9.08. The lowest BCUT2D eigenvalue weighted by Gasteiger charge is -2.33. The predicted octanol–water partition coefficient (Wildman–Crippen LogP) is 1.81. The molecule has 0 saturated carbocycles. The van der Waals surface area contributed by atoms with Crippen LogP contribution in [-0.4, -0.2) is 40.8 Å². The minimum atomic E-state index is 0.262. The smallest absolute Gasteiger partial charge is 0.134 e. The summed E-state index contributed by atoms with van der Waals surface area (Å²) >= 11 is 0. The molecule has 0 radical (unpaired) electrons. The van der Waals surface area contributed by atoms with E-state index in [0.29, 0.717) is 12.0 Å². The number of hydrogen-bond acceptors (Lipinski definition) is 5. The van der Waals surface area contributed by atoms with Crippen LogP contribution in [0, 0.1) is 12.8 Å². The molecule has 106 valence electrons. The Morgan fingerprint density at radius 3 is 2.95 bits per heavy atom. The summed E-state index contributed by atoms with van der Waals surface area (Å²) in [5.41, 5.74) is 0. The number of aryl methyl sites for hydroxylation is 1. The molecular formula is C14H24N4O. The molecule has 1 aromatic rings. The van der Waals surface area contributed by atoms with Crippen molar-refractivity contribution in [3.05, 3.63) is 11.9 Å². The summed E-state index contributed by atoms with van der Waals surface area (Å²) in [4.78, 5) is 11.2. The Morgan fingerprint density at radius 2 is 2.26 bits per heavy atom. The molecule has 0 amide bonds. The minimum absolute atomic E-state index is 0.262. The van der Waals surface area contributed by atoms with Gasteiger partial charge < -0.3 is 15.3 Å². The van der Waals surface area contributed by atoms with Crippen LogP contribution >= 0.6 is 0 Å². The molecule has 0 aliphatic carbocycles. The minimum Gasteiger partial charge on any atom is -0.396 e. The highest BCUT2D eigenvalue weighted by atomic mass is 16.3. The molecule has 0 bridgehead atoms. The van der Waals surface area contributed by atoms with Crippen molar-refractivity contribution in [2.45, 2.75) is 39.7 Å². The van der Waals surface area contributed by atoms with Gasteiger partial charge in [-0.15, -0.1) is 0 Å². The highest BCUT2D eigenvalue weighted by Crippen LogP contribution is 2.23. The molecule has 1 aromatic heterocycles. The zero-order valence-electron chi connectivity index (χ0n) is 12.1. The lowest BCUT2D eigenvalue weighted by Crippen LogP contribution is -2.37. The van der Waals surface area contributed by atoms with Crippen LogP contribution in [0.2, 0.25) is 0 Å². The van der Waals surface area contributed by atoms with Crippen molar-refractivity contribution in [2.75, 3.05) is 29.9 Å². The number of aromatic nitrogens is 2. The third-order valence-corrected chi connectivity index (χ3v) is 3.36. The van der Waals surface area contributed by atoms with E-state index < -0.39 is 0 Å². The maximum Gasteiger partial charge on any atom is 0.134 e. The first-order valence-electron chi connectivity index (χ1n) is 7.06. The fourth-order valence-corrected chi connectivity index (χ4v) is 2.51. The summed E-state index contributed by atoms with van der Waals surface area (Å²) in [6.07, 6.45) is 2.22. The van der Waals surface area contributed by atoms with E-state index in [1.54, 1.807) is 0 Å². The molecular weight excluding hydrogens is 240 g/mol. The van der Waals surface area contributed by atoms with Crippen molar-refractivity contribution < 1.29 is 5.11 Å². The second-order valence-electron chi connectivity index (χ2n) is 5.59. The molecule has 0 spiro atoms. The van der Waals surface area contributed by atoms with Crippen LogP contribution in [0.3, 0.4) is 0 Å². The average Bonchev–Trinajstić information content (AvgIpc) is 2.37.